The summed E-state index contributed by atoms with van der Waals surface area (Å²) in [6.45, 7) is 5.74. The van der Waals surface area contributed by atoms with E-state index in [-0.39, 0.29) is 23.4 Å². The van der Waals surface area contributed by atoms with Crippen molar-refractivity contribution in [3.63, 3.8) is 0 Å². The number of rotatable bonds is 6. The Labute approximate surface area is 205 Å². The Morgan fingerprint density at radius 1 is 1.14 bits per heavy atom. The van der Waals surface area contributed by atoms with Gasteiger partial charge >= 0.3 is 0 Å². The predicted octanol–water partition coefficient (Wildman–Crippen LogP) is 2.95. The van der Waals surface area contributed by atoms with Crippen LogP contribution in [0.5, 0.6) is 0 Å². The molecule has 10 heteroatoms. The van der Waals surface area contributed by atoms with Crippen LogP contribution >= 0.6 is 0 Å². The molecule has 2 saturated heterocycles. The molecule has 35 heavy (non-hydrogen) atoms. The summed E-state index contributed by atoms with van der Waals surface area (Å²) in [7, 11) is -3.22. The van der Waals surface area contributed by atoms with E-state index in [1.165, 1.54) is 4.31 Å². The molecule has 0 amide bonds. The molecule has 1 atom stereocenters. The fraction of sp³-hybridized carbons (Fsp3) is 0.480. The van der Waals surface area contributed by atoms with E-state index >= 15 is 0 Å². The Balaban J connectivity index is 1.55. The molecule has 0 bridgehead atoms. The summed E-state index contributed by atoms with van der Waals surface area (Å²) in [5.41, 5.74) is 3.11. The van der Waals surface area contributed by atoms with Gasteiger partial charge in [0.05, 0.1) is 5.75 Å². The number of hydrogen-bond acceptors (Lipinski definition) is 7. The second-order valence-electron chi connectivity index (χ2n) is 9.25. The monoisotopic (exact) mass is 497 g/mol. The van der Waals surface area contributed by atoms with Crippen LogP contribution in [0.25, 0.3) is 22.2 Å². The van der Waals surface area contributed by atoms with E-state index in [1.807, 2.05) is 41.8 Å². The van der Waals surface area contributed by atoms with Gasteiger partial charge in [-0.1, -0.05) is 24.3 Å². The highest BCUT2D eigenvalue weighted by Crippen LogP contribution is 2.28. The number of sulfonamides is 1. The van der Waals surface area contributed by atoms with Crippen LogP contribution in [0.3, 0.4) is 0 Å². The topological polar surface area (TPSA) is 106 Å². The number of nitrogens with one attached hydrogen (secondary N) is 1. The molecular formula is C25H31N5O4S. The summed E-state index contributed by atoms with van der Waals surface area (Å²) in [6.07, 6.45) is 3.91. The third kappa shape index (κ3) is 4.70. The molecular weight excluding hydrogens is 466 g/mol. The molecule has 1 N–H and O–H groups in total. The maximum atomic E-state index is 13.8. The number of aryl methyl sites for hydroxylation is 1. The van der Waals surface area contributed by atoms with E-state index in [1.54, 1.807) is 13.1 Å². The van der Waals surface area contributed by atoms with E-state index in [0.29, 0.717) is 49.9 Å². The molecule has 2 fully saturated rings. The molecule has 2 aliphatic rings. The summed E-state index contributed by atoms with van der Waals surface area (Å²) in [5, 5.41) is 4.09. The Morgan fingerprint density at radius 2 is 1.91 bits per heavy atom. The number of nitrogens with zero attached hydrogens (tertiary/aromatic N) is 4. The van der Waals surface area contributed by atoms with Crippen molar-refractivity contribution in [2.24, 2.45) is 0 Å². The normalized spacial score (nSPS) is 19.9. The number of aromatic nitrogens is 3. The highest BCUT2D eigenvalue weighted by molar-refractivity contribution is 7.89. The van der Waals surface area contributed by atoms with Crippen LogP contribution < -0.4 is 10.9 Å². The summed E-state index contributed by atoms with van der Waals surface area (Å²) >= 11 is 0. The van der Waals surface area contributed by atoms with Crippen molar-refractivity contribution in [1.29, 1.82) is 0 Å². The van der Waals surface area contributed by atoms with E-state index in [9.17, 15) is 13.2 Å². The predicted molar refractivity (Wildman–Crippen MR) is 136 cm³/mol. The van der Waals surface area contributed by atoms with Gasteiger partial charge in [-0.2, -0.15) is 9.29 Å². The van der Waals surface area contributed by atoms with Gasteiger partial charge in [-0.15, -0.1) is 0 Å². The quantitative estimate of drug-likeness (QED) is 0.558. The van der Waals surface area contributed by atoms with Crippen LogP contribution in [-0.2, 0) is 14.8 Å². The lowest BCUT2D eigenvalue weighted by Gasteiger charge is -2.26. The second-order valence-corrected chi connectivity index (χ2v) is 11.5. The molecule has 2 aliphatic heterocycles. The molecule has 3 aromatic rings. The standard InChI is InChI=1S/C25H31N5O4S/c1-3-35(32,33)29-11-8-19(16-29)27-25-26-15-18-14-22(21-7-5-4-6-17(21)2)24(31)30(23(18)28-25)20-9-12-34-13-10-20/h4-7,14-15,19-20H,3,8-13,16H2,1-2H3,(H,26,27,28)/t19-/m0/s1. The minimum atomic E-state index is -3.22. The fourth-order valence-electron chi connectivity index (χ4n) is 5.00. The second kappa shape index (κ2) is 9.67. The number of anilines is 1. The maximum absolute atomic E-state index is 13.8. The molecule has 0 saturated carbocycles. The van der Waals surface area contributed by atoms with E-state index in [2.05, 4.69) is 10.3 Å². The zero-order valence-corrected chi connectivity index (χ0v) is 20.9. The Morgan fingerprint density at radius 3 is 2.66 bits per heavy atom. The molecule has 5 rings (SSSR count). The Hall–Kier alpha value is -2.82. The minimum Gasteiger partial charge on any atom is -0.381 e. The first-order valence-corrected chi connectivity index (χ1v) is 13.8. The lowest BCUT2D eigenvalue weighted by atomic mass is 10.00. The van der Waals surface area contributed by atoms with Crippen LogP contribution in [0.1, 0.15) is 37.8 Å². The molecule has 0 unspecified atom stereocenters. The van der Waals surface area contributed by atoms with Gasteiger partial charge in [0.15, 0.2) is 0 Å². The summed E-state index contributed by atoms with van der Waals surface area (Å²) in [6, 6.07) is 9.67. The van der Waals surface area contributed by atoms with Gasteiger partial charge in [0.25, 0.3) is 5.56 Å². The van der Waals surface area contributed by atoms with Crippen LogP contribution in [0, 0.1) is 6.92 Å². The summed E-state index contributed by atoms with van der Waals surface area (Å²) in [4.78, 5) is 23.1. The zero-order valence-electron chi connectivity index (χ0n) is 20.1. The average molecular weight is 498 g/mol. The van der Waals surface area contributed by atoms with Crippen LogP contribution in [-0.4, -0.2) is 65.4 Å². The van der Waals surface area contributed by atoms with E-state index in [0.717, 1.165) is 29.4 Å². The molecule has 0 radical (unpaired) electrons. The average Bonchev–Trinajstić information content (AvgIpc) is 3.34. The first kappa shape index (κ1) is 23.9. The van der Waals surface area contributed by atoms with E-state index in [4.69, 9.17) is 9.72 Å². The zero-order chi connectivity index (χ0) is 24.6. The molecule has 9 nitrogen and oxygen atoms in total. The Bertz CT molecular complexity index is 1400. The number of pyridine rings is 1. The fourth-order valence-corrected chi connectivity index (χ4v) is 6.16. The van der Waals surface area contributed by atoms with Crippen LogP contribution in [0.2, 0.25) is 0 Å². The van der Waals surface area contributed by atoms with E-state index < -0.39 is 10.0 Å². The number of fused-ring (bicyclic) bond motifs is 1. The van der Waals surface area contributed by atoms with Gasteiger partial charge < -0.3 is 10.1 Å². The number of hydrogen-bond donors (Lipinski definition) is 1. The molecule has 0 spiro atoms. The minimum absolute atomic E-state index is 0.0119. The van der Waals surface area contributed by atoms with Gasteiger partial charge in [0, 0.05) is 55.5 Å². The lowest BCUT2D eigenvalue weighted by molar-refractivity contribution is 0.0697. The van der Waals surface area contributed by atoms with Crippen molar-refractivity contribution in [2.45, 2.75) is 45.2 Å². The maximum Gasteiger partial charge on any atom is 0.260 e. The number of benzene rings is 1. The molecule has 186 valence electrons. The molecule has 0 aliphatic carbocycles. The van der Waals surface area contributed by atoms with Crippen molar-refractivity contribution in [2.75, 3.05) is 37.4 Å². The van der Waals surface area contributed by atoms with Gasteiger partial charge in [-0.25, -0.2) is 13.4 Å². The third-order valence-electron chi connectivity index (χ3n) is 7.01. The first-order valence-electron chi connectivity index (χ1n) is 12.2. The summed E-state index contributed by atoms with van der Waals surface area (Å²) in [5.74, 6) is 0.495. The molecule has 4 heterocycles. The third-order valence-corrected chi connectivity index (χ3v) is 8.85. The van der Waals surface area contributed by atoms with Crippen molar-refractivity contribution in [3.05, 3.63) is 52.4 Å². The van der Waals surface area contributed by atoms with Crippen molar-refractivity contribution in [3.8, 4) is 11.1 Å². The van der Waals surface area contributed by atoms with Gasteiger partial charge in [0.2, 0.25) is 16.0 Å². The highest BCUT2D eigenvalue weighted by Gasteiger charge is 2.31. The molecule has 1 aromatic carbocycles. The first-order chi connectivity index (χ1) is 16.9. The lowest BCUT2D eigenvalue weighted by Crippen LogP contribution is -2.33. The molecule has 2 aromatic heterocycles. The van der Waals surface area contributed by atoms with Crippen molar-refractivity contribution >= 4 is 27.0 Å². The van der Waals surface area contributed by atoms with Gasteiger partial charge in [-0.3, -0.25) is 9.36 Å². The van der Waals surface area contributed by atoms with Crippen molar-refractivity contribution < 1.29 is 13.2 Å². The van der Waals surface area contributed by atoms with Gasteiger partial charge in [0.1, 0.15) is 5.65 Å². The largest absolute Gasteiger partial charge is 0.381 e. The number of ether oxygens (including phenoxy) is 1. The van der Waals surface area contributed by atoms with Crippen LogP contribution in [0.4, 0.5) is 5.95 Å². The smallest absolute Gasteiger partial charge is 0.260 e. The highest BCUT2D eigenvalue weighted by atomic mass is 32.2. The Kier molecular flexibility index (Phi) is 6.61. The SMILES string of the molecule is CCS(=O)(=O)N1CC[C@H](Nc2ncc3cc(-c4ccccc4C)c(=O)n(C4CCOCC4)c3n2)C1. The van der Waals surface area contributed by atoms with Gasteiger partial charge in [-0.05, 0) is 50.3 Å². The van der Waals surface area contributed by atoms with Crippen LogP contribution in [0.15, 0.2) is 41.3 Å². The summed E-state index contributed by atoms with van der Waals surface area (Å²) < 4.78 is 33.3. The van der Waals surface area contributed by atoms with Crippen molar-refractivity contribution in [1.82, 2.24) is 18.8 Å².